The maximum absolute atomic E-state index is 12.3. The molecular formula is C26H31ClN4O4S. The summed E-state index contributed by atoms with van der Waals surface area (Å²) in [6.45, 7) is 1.67. The Balaban J connectivity index is 1.61. The predicted molar refractivity (Wildman–Crippen MR) is 144 cm³/mol. The van der Waals surface area contributed by atoms with E-state index in [4.69, 9.17) is 25.8 Å². The van der Waals surface area contributed by atoms with E-state index in [1.165, 1.54) is 11.8 Å². The van der Waals surface area contributed by atoms with Crippen LogP contribution < -0.4 is 19.7 Å². The van der Waals surface area contributed by atoms with Crippen LogP contribution in [0.3, 0.4) is 0 Å². The Kier molecular flexibility index (Phi) is 10.7. The third kappa shape index (κ3) is 8.01. The van der Waals surface area contributed by atoms with E-state index in [1.54, 1.807) is 33.5 Å². The summed E-state index contributed by atoms with van der Waals surface area (Å²) < 4.78 is 15.7. The lowest BCUT2D eigenvalue weighted by molar-refractivity contribution is 0.0937. The highest BCUT2D eigenvalue weighted by atomic mass is 35.5. The topological polar surface area (TPSA) is 85.8 Å². The van der Waals surface area contributed by atoms with Gasteiger partial charge in [0, 0.05) is 44.6 Å². The second-order valence-corrected chi connectivity index (χ2v) is 9.26. The maximum Gasteiger partial charge on any atom is 0.251 e. The largest absolute Gasteiger partial charge is 0.493 e. The number of halogens is 1. The molecule has 192 valence electrons. The van der Waals surface area contributed by atoms with Crippen molar-refractivity contribution in [3.63, 3.8) is 0 Å². The van der Waals surface area contributed by atoms with Crippen molar-refractivity contribution in [2.75, 3.05) is 53.0 Å². The Labute approximate surface area is 221 Å². The lowest BCUT2D eigenvalue weighted by Crippen LogP contribution is -2.26. The number of rotatable bonds is 13. The van der Waals surface area contributed by atoms with E-state index in [1.807, 2.05) is 48.3 Å². The molecule has 0 aliphatic heterocycles. The Morgan fingerprint density at radius 1 is 1.03 bits per heavy atom. The normalized spacial score (nSPS) is 10.7. The molecule has 0 aliphatic carbocycles. The van der Waals surface area contributed by atoms with Crippen molar-refractivity contribution in [1.82, 2.24) is 15.3 Å². The van der Waals surface area contributed by atoms with Gasteiger partial charge in [0.25, 0.3) is 5.91 Å². The van der Waals surface area contributed by atoms with E-state index in [2.05, 4.69) is 15.3 Å². The Morgan fingerprint density at radius 3 is 2.58 bits per heavy atom. The van der Waals surface area contributed by atoms with Crippen molar-refractivity contribution in [2.45, 2.75) is 17.3 Å². The molecule has 0 unspecified atom stereocenters. The fraction of sp³-hybridized carbons (Fsp3) is 0.346. The van der Waals surface area contributed by atoms with Crippen LogP contribution in [0.5, 0.6) is 11.5 Å². The van der Waals surface area contributed by atoms with Gasteiger partial charge in [-0.25, -0.2) is 9.97 Å². The van der Waals surface area contributed by atoms with Crippen molar-refractivity contribution in [2.24, 2.45) is 0 Å². The third-order valence-corrected chi connectivity index (χ3v) is 6.50. The molecule has 3 aromatic rings. The fourth-order valence-corrected chi connectivity index (χ4v) is 4.44. The van der Waals surface area contributed by atoms with Crippen molar-refractivity contribution in [3.05, 3.63) is 70.4 Å². The van der Waals surface area contributed by atoms with Crippen LogP contribution in [0.25, 0.3) is 0 Å². The number of carbonyl (C=O) groups excluding carboxylic acids is 1. The zero-order valence-corrected chi connectivity index (χ0v) is 22.5. The number of hydrogen-bond acceptors (Lipinski definition) is 8. The average molecular weight is 531 g/mol. The maximum atomic E-state index is 12.3. The van der Waals surface area contributed by atoms with Gasteiger partial charge in [-0.05, 0) is 41.8 Å². The van der Waals surface area contributed by atoms with E-state index >= 15 is 0 Å². The van der Waals surface area contributed by atoms with Crippen LogP contribution in [-0.4, -0.2) is 63.9 Å². The second-order valence-electron chi connectivity index (χ2n) is 7.93. The molecule has 0 saturated heterocycles. The zero-order chi connectivity index (χ0) is 25.9. The molecule has 10 heteroatoms. The Hall–Kier alpha value is -3.01. The highest BCUT2D eigenvalue weighted by Gasteiger charge is 2.11. The first-order valence-corrected chi connectivity index (χ1v) is 12.8. The quantitative estimate of drug-likeness (QED) is 0.150. The number of hydrogen-bond donors (Lipinski definition) is 1. The first-order chi connectivity index (χ1) is 17.4. The standard InChI is InChI=1S/C26H31ClN4O4S/c1-31(12-10-18-8-9-21(34-3)22(15-18)35-4)24-16-23(27)29-26(30-24)36-17-19-6-5-7-20(14-19)25(32)28-11-13-33-2/h5-9,14-16H,10-13,17H2,1-4H3,(H,28,32). The molecule has 1 N–H and O–H groups in total. The highest BCUT2D eigenvalue weighted by Crippen LogP contribution is 2.28. The van der Waals surface area contributed by atoms with Crippen molar-refractivity contribution in [3.8, 4) is 11.5 Å². The van der Waals surface area contributed by atoms with Crippen LogP contribution in [0.1, 0.15) is 21.5 Å². The first kappa shape index (κ1) is 27.6. The summed E-state index contributed by atoms with van der Waals surface area (Å²) in [5.41, 5.74) is 2.72. The molecule has 1 amide bonds. The molecule has 36 heavy (non-hydrogen) atoms. The van der Waals surface area contributed by atoms with Gasteiger partial charge in [0.15, 0.2) is 16.7 Å². The van der Waals surface area contributed by atoms with E-state index in [0.29, 0.717) is 46.3 Å². The molecule has 0 saturated carbocycles. The number of aromatic nitrogens is 2. The van der Waals surface area contributed by atoms with Gasteiger partial charge < -0.3 is 24.4 Å². The number of nitrogens with one attached hydrogen (secondary N) is 1. The molecule has 1 aromatic heterocycles. The summed E-state index contributed by atoms with van der Waals surface area (Å²) in [7, 11) is 6.82. The number of ether oxygens (including phenoxy) is 3. The predicted octanol–water partition coefficient (Wildman–Crippen LogP) is 4.49. The summed E-state index contributed by atoms with van der Waals surface area (Å²) in [6.07, 6.45) is 0.792. The van der Waals surface area contributed by atoms with Gasteiger partial charge in [-0.2, -0.15) is 0 Å². The van der Waals surface area contributed by atoms with E-state index in [-0.39, 0.29) is 5.91 Å². The second kappa shape index (κ2) is 13.9. The van der Waals surface area contributed by atoms with E-state index < -0.39 is 0 Å². The Morgan fingerprint density at radius 2 is 1.83 bits per heavy atom. The molecule has 0 atom stereocenters. The van der Waals surface area contributed by atoms with Crippen molar-refractivity contribution < 1.29 is 19.0 Å². The monoisotopic (exact) mass is 530 g/mol. The first-order valence-electron chi connectivity index (χ1n) is 11.4. The SMILES string of the molecule is COCCNC(=O)c1cccc(CSc2nc(Cl)cc(N(C)CCc3ccc(OC)c(OC)c3)n2)c1. The highest BCUT2D eigenvalue weighted by molar-refractivity contribution is 7.98. The summed E-state index contributed by atoms with van der Waals surface area (Å²) in [6, 6.07) is 15.2. The van der Waals surface area contributed by atoms with Gasteiger partial charge in [-0.1, -0.05) is 41.6 Å². The van der Waals surface area contributed by atoms with E-state index in [0.717, 1.165) is 29.9 Å². The van der Waals surface area contributed by atoms with Crippen LogP contribution in [0.2, 0.25) is 5.15 Å². The molecule has 8 nitrogen and oxygen atoms in total. The Bertz CT molecular complexity index is 1160. The minimum Gasteiger partial charge on any atom is -0.493 e. The minimum absolute atomic E-state index is 0.128. The van der Waals surface area contributed by atoms with Crippen LogP contribution in [0.15, 0.2) is 53.7 Å². The molecule has 0 fully saturated rings. The number of anilines is 1. The summed E-state index contributed by atoms with van der Waals surface area (Å²) >= 11 is 7.78. The summed E-state index contributed by atoms with van der Waals surface area (Å²) in [5.74, 6) is 2.63. The van der Waals surface area contributed by atoms with Crippen LogP contribution >= 0.6 is 23.4 Å². The lowest BCUT2D eigenvalue weighted by atomic mass is 10.1. The average Bonchev–Trinajstić information content (AvgIpc) is 2.90. The molecule has 1 heterocycles. The fourth-order valence-electron chi connectivity index (χ4n) is 3.41. The number of amides is 1. The molecule has 0 radical (unpaired) electrons. The van der Waals surface area contributed by atoms with Gasteiger partial charge in [0.1, 0.15) is 11.0 Å². The number of likely N-dealkylation sites (N-methyl/N-ethyl adjacent to an activating group) is 1. The number of thioether (sulfide) groups is 1. The van der Waals surface area contributed by atoms with Crippen LogP contribution in [-0.2, 0) is 16.9 Å². The molecule has 0 bridgehead atoms. The molecule has 3 rings (SSSR count). The number of nitrogens with zero attached hydrogens (tertiary/aromatic N) is 3. The van der Waals surface area contributed by atoms with Gasteiger partial charge in [0.2, 0.25) is 0 Å². The number of carbonyl (C=O) groups is 1. The summed E-state index contributed by atoms with van der Waals surface area (Å²) in [4.78, 5) is 23.4. The van der Waals surface area contributed by atoms with Gasteiger partial charge >= 0.3 is 0 Å². The molecule has 0 spiro atoms. The van der Waals surface area contributed by atoms with Gasteiger partial charge in [-0.15, -0.1) is 0 Å². The molecular weight excluding hydrogens is 500 g/mol. The van der Waals surface area contributed by atoms with Gasteiger partial charge in [-0.3, -0.25) is 4.79 Å². The van der Waals surface area contributed by atoms with Crippen LogP contribution in [0.4, 0.5) is 5.82 Å². The summed E-state index contributed by atoms with van der Waals surface area (Å²) in [5, 5.41) is 3.79. The lowest BCUT2D eigenvalue weighted by Gasteiger charge is -2.19. The van der Waals surface area contributed by atoms with Crippen molar-refractivity contribution in [1.29, 1.82) is 0 Å². The minimum atomic E-state index is -0.128. The molecule has 2 aromatic carbocycles. The van der Waals surface area contributed by atoms with Crippen LogP contribution in [0, 0.1) is 0 Å². The smallest absolute Gasteiger partial charge is 0.251 e. The number of methoxy groups -OCH3 is 3. The van der Waals surface area contributed by atoms with Crippen molar-refractivity contribution >= 4 is 35.1 Å². The third-order valence-electron chi connectivity index (χ3n) is 5.38. The molecule has 0 aliphatic rings. The van der Waals surface area contributed by atoms with Gasteiger partial charge in [0.05, 0.1) is 20.8 Å². The number of benzene rings is 2. The van der Waals surface area contributed by atoms with E-state index in [9.17, 15) is 4.79 Å². The zero-order valence-electron chi connectivity index (χ0n) is 20.9.